The third-order valence-electron chi connectivity index (χ3n) is 2.28. The van der Waals surface area contributed by atoms with Gasteiger partial charge in [-0.25, -0.2) is 4.21 Å². The minimum absolute atomic E-state index is 0.173. The number of hydrogen-bond acceptors (Lipinski definition) is 3. The third kappa shape index (κ3) is 3.55. The molecule has 1 heterocycles. The van der Waals surface area contributed by atoms with Crippen LogP contribution in [0, 0.1) is 0 Å². The zero-order valence-electron chi connectivity index (χ0n) is 9.11. The van der Waals surface area contributed by atoms with Crippen LogP contribution in [0.25, 0.3) is 0 Å². The molecule has 0 saturated carbocycles. The lowest BCUT2D eigenvalue weighted by Gasteiger charge is -2.17. The number of nitrogens with zero attached hydrogens (tertiary/aromatic N) is 1. The Kier molecular flexibility index (Phi) is 4.13. The summed E-state index contributed by atoms with van der Waals surface area (Å²) in [6.45, 7) is 0.801. The highest BCUT2D eigenvalue weighted by molar-refractivity contribution is 7.76. The molecule has 1 atom stereocenters. The smallest absolute Gasteiger partial charge is 0.235 e. The van der Waals surface area contributed by atoms with Gasteiger partial charge < -0.3 is 9.47 Å². The molecule has 0 saturated heterocycles. The van der Waals surface area contributed by atoms with Gasteiger partial charge in [0.2, 0.25) is 18.1 Å². The molecular formula is C11H13NO4S. The highest BCUT2D eigenvalue weighted by atomic mass is 32.2. The lowest BCUT2D eigenvalue weighted by atomic mass is 10.2. The molecule has 0 aromatic heterocycles. The van der Waals surface area contributed by atoms with Crippen LogP contribution >= 0.6 is 0 Å². The quantitative estimate of drug-likeness (QED) is 0.809. The van der Waals surface area contributed by atoms with Crippen molar-refractivity contribution in [3.05, 3.63) is 47.9 Å². The Labute approximate surface area is 102 Å². The first-order chi connectivity index (χ1) is 8.25. The Balaban J connectivity index is 2.00. The van der Waals surface area contributed by atoms with Crippen molar-refractivity contribution in [3.63, 3.8) is 0 Å². The lowest BCUT2D eigenvalue weighted by molar-refractivity contribution is 0.0760. The third-order valence-corrected chi connectivity index (χ3v) is 2.98. The van der Waals surface area contributed by atoms with Crippen molar-refractivity contribution in [3.8, 4) is 0 Å². The van der Waals surface area contributed by atoms with Gasteiger partial charge in [0.1, 0.15) is 6.26 Å². The van der Waals surface area contributed by atoms with Crippen LogP contribution in [0.15, 0.2) is 42.4 Å². The fourth-order valence-corrected chi connectivity index (χ4v) is 1.98. The van der Waals surface area contributed by atoms with Gasteiger partial charge in [0.15, 0.2) is 5.76 Å². The Morgan fingerprint density at radius 3 is 2.65 bits per heavy atom. The molecule has 0 bridgehead atoms. The standard InChI is InChI=1S/C11H13NO4S/c13-17(14)12(7-11-8-15-9-16-11)6-10-4-2-1-3-5-10/h1-5,8H,6-7,9H2,(H,13,14). The topological polar surface area (TPSA) is 59.0 Å². The fraction of sp³-hybridized carbons (Fsp3) is 0.273. The largest absolute Gasteiger partial charge is 0.462 e. The second-order valence-corrected chi connectivity index (χ2v) is 4.51. The summed E-state index contributed by atoms with van der Waals surface area (Å²) in [7, 11) is 0. The van der Waals surface area contributed by atoms with Gasteiger partial charge in [-0.2, -0.15) is 4.31 Å². The second-order valence-electron chi connectivity index (χ2n) is 3.53. The average molecular weight is 255 g/mol. The van der Waals surface area contributed by atoms with Crippen molar-refractivity contribution < 1.29 is 18.2 Å². The SMILES string of the molecule is O=S(O)N(CC1=COCO1)Cc1ccccc1. The molecule has 0 aliphatic carbocycles. The zero-order valence-corrected chi connectivity index (χ0v) is 9.93. The summed E-state index contributed by atoms with van der Waals surface area (Å²) in [4.78, 5) is 0. The Morgan fingerprint density at radius 2 is 2.06 bits per heavy atom. The maximum absolute atomic E-state index is 11.2. The van der Waals surface area contributed by atoms with Gasteiger partial charge >= 0.3 is 0 Å². The molecule has 17 heavy (non-hydrogen) atoms. The van der Waals surface area contributed by atoms with E-state index >= 15 is 0 Å². The molecule has 1 aromatic rings. The summed E-state index contributed by atoms with van der Waals surface area (Å²) in [5.41, 5.74) is 0.967. The highest BCUT2D eigenvalue weighted by Gasteiger charge is 2.17. The van der Waals surface area contributed by atoms with E-state index in [0.717, 1.165) is 5.56 Å². The van der Waals surface area contributed by atoms with Crippen LogP contribution in [0.4, 0.5) is 0 Å². The molecule has 1 aromatic carbocycles. The van der Waals surface area contributed by atoms with Crippen molar-refractivity contribution in [2.75, 3.05) is 13.3 Å². The minimum atomic E-state index is -2.04. The summed E-state index contributed by atoms with van der Waals surface area (Å²) in [6, 6.07) is 9.49. The minimum Gasteiger partial charge on any atom is -0.462 e. The normalized spacial score (nSPS) is 16.2. The molecule has 5 nitrogen and oxygen atoms in total. The molecule has 2 rings (SSSR count). The molecule has 1 aliphatic rings. The maximum atomic E-state index is 11.2. The number of hydrogen-bond donors (Lipinski definition) is 1. The molecule has 6 heteroatoms. The summed E-state index contributed by atoms with van der Waals surface area (Å²) in [5.74, 6) is 0.559. The van der Waals surface area contributed by atoms with Gasteiger partial charge in [0.05, 0.1) is 6.54 Å². The summed E-state index contributed by atoms with van der Waals surface area (Å²) < 4.78 is 31.8. The monoisotopic (exact) mass is 255 g/mol. The summed E-state index contributed by atoms with van der Waals surface area (Å²) >= 11 is -2.04. The van der Waals surface area contributed by atoms with E-state index in [1.165, 1.54) is 10.6 Å². The van der Waals surface area contributed by atoms with Crippen LogP contribution in [-0.4, -0.2) is 26.4 Å². The van der Waals surface area contributed by atoms with E-state index < -0.39 is 11.3 Å². The van der Waals surface area contributed by atoms with Gasteiger partial charge in [-0.05, 0) is 5.56 Å². The Hall–Kier alpha value is -1.37. The predicted octanol–water partition coefficient (Wildman–Crippen LogP) is 1.47. The summed E-state index contributed by atoms with van der Waals surface area (Å²) in [5, 5.41) is 0. The number of rotatable bonds is 5. The molecule has 0 radical (unpaired) electrons. The van der Waals surface area contributed by atoms with Crippen LogP contribution in [0.5, 0.6) is 0 Å². The molecule has 1 unspecified atom stereocenters. The Morgan fingerprint density at radius 1 is 1.29 bits per heavy atom. The van der Waals surface area contributed by atoms with Crippen molar-refractivity contribution in [2.45, 2.75) is 6.54 Å². The van der Waals surface area contributed by atoms with Crippen LogP contribution in [0.1, 0.15) is 5.56 Å². The van der Waals surface area contributed by atoms with E-state index in [2.05, 4.69) is 0 Å². The molecule has 0 fully saturated rings. The zero-order chi connectivity index (χ0) is 12.1. The molecule has 0 amide bonds. The molecule has 1 aliphatic heterocycles. The van der Waals surface area contributed by atoms with Gasteiger partial charge in [0, 0.05) is 6.54 Å². The van der Waals surface area contributed by atoms with Gasteiger partial charge in [0.25, 0.3) is 0 Å². The van der Waals surface area contributed by atoms with E-state index in [1.807, 2.05) is 30.3 Å². The van der Waals surface area contributed by atoms with Gasteiger partial charge in [-0.1, -0.05) is 30.3 Å². The fourth-order valence-electron chi connectivity index (χ4n) is 1.48. The van der Waals surface area contributed by atoms with Gasteiger partial charge in [-0.3, -0.25) is 4.55 Å². The second kappa shape index (κ2) is 5.81. The van der Waals surface area contributed by atoms with E-state index in [1.54, 1.807) is 0 Å². The molecule has 0 spiro atoms. The highest BCUT2D eigenvalue weighted by Crippen LogP contribution is 2.12. The van der Waals surface area contributed by atoms with E-state index in [9.17, 15) is 8.76 Å². The predicted molar refractivity (Wildman–Crippen MR) is 62.7 cm³/mol. The van der Waals surface area contributed by atoms with Crippen molar-refractivity contribution >= 4 is 11.3 Å². The van der Waals surface area contributed by atoms with Crippen LogP contribution < -0.4 is 0 Å². The maximum Gasteiger partial charge on any atom is 0.235 e. The van der Waals surface area contributed by atoms with Crippen LogP contribution in [-0.2, 0) is 27.3 Å². The first kappa shape index (κ1) is 12.1. The first-order valence-electron chi connectivity index (χ1n) is 5.09. The van der Waals surface area contributed by atoms with E-state index in [0.29, 0.717) is 12.3 Å². The van der Waals surface area contributed by atoms with Crippen LogP contribution in [0.2, 0.25) is 0 Å². The van der Waals surface area contributed by atoms with E-state index in [4.69, 9.17) is 9.47 Å². The number of ether oxygens (including phenoxy) is 2. The van der Waals surface area contributed by atoms with Crippen molar-refractivity contribution in [2.24, 2.45) is 0 Å². The average Bonchev–Trinajstić information content (AvgIpc) is 2.82. The first-order valence-corrected chi connectivity index (χ1v) is 6.15. The van der Waals surface area contributed by atoms with Crippen LogP contribution in [0.3, 0.4) is 0 Å². The molecule has 92 valence electrons. The number of benzene rings is 1. The molecule has 1 N–H and O–H groups in total. The summed E-state index contributed by atoms with van der Waals surface area (Å²) in [6.07, 6.45) is 1.46. The van der Waals surface area contributed by atoms with Crippen molar-refractivity contribution in [1.29, 1.82) is 0 Å². The lowest BCUT2D eigenvalue weighted by Crippen LogP contribution is -2.27. The Bertz CT molecular complexity index is 421. The van der Waals surface area contributed by atoms with E-state index in [-0.39, 0.29) is 13.3 Å². The van der Waals surface area contributed by atoms with Gasteiger partial charge in [-0.15, -0.1) is 0 Å². The van der Waals surface area contributed by atoms with Crippen molar-refractivity contribution in [1.82, 2.24) is 4.31 Å². The molecular weight excluding hydrogens is 242 g/mol.